The Balaban J connectivity index is 1.94. The molecule has 0 aliphatic rings. The molecule has 0 aliphatic carbocycles. The molecule has 0 radical (unpaired) electrons. The number of hydrogen-bond donors (Lipinski definition) is 0. The van der Waals surface area contributed by atoms with Crippen LogP contribution in [-0.2, 0) is 4.79 Å². The highest BCUT2D eigenvalue weighted by atomic mass is 32.2. The van der Waals surface area contributed by atoms with Crippen molar-refractivity contribution >= 4 is 17.7 Å². The highest BCUT2D eigenvalue weighted by Gasteiger charge is 2.18. The number of carbonyl (C=O) groups is 1. The Labute approximate surface area is 147 Å². The maximum Gasteiger partial charge on any atom is 0.277 e. The predicted molar refractivity (Wildman–Crippen MR) is 94.5 cm³/mol. The second-order valence-corrected chi connectivity index (χ2v) is 7.41. The maximum absolute atomic E-state index is 12.5. The molecule has 2 aromatic rings. The van der Waals surface area contributed by atoms with Gasteiger partial charge in [0.05, 0.1) is 5.75 Å². The summed E-state index contributed by atoms with van der Waals surface area (Å²) in [6.45, 7) is 10.0. The first-order valence-corrected chi connectivity index (χ1v) is 9.08. The first-order chi connectivity index (χ1) is 11.5. The van der Waals surface area contributed by atoms with Gasteiger partial charge in [-0.05, 0) is 24.0 Å². The molecular formula is C17H24N4O2S. The molecule has 0 saturated carbocycles. The quantitative estimate of drug-likeness (QED) is 0.681. The second-order valence-electron chi connectivity index (χ2n) is 6.48. The first kappa shape index (κ1) is 18.4. The number of amides is 1. The molecule has 2 rings (SSSR count). The fourth-order valence-corrected chi connectivity index (χ4v) is 2.92. The molecule has 0 saturated heterocycles. The van der Waals surface area contributed by atoms with Gasteiger partial charge >= 0.3 is 0 Å². The smallest absolute Gasteiger partial charge is 0.277 e. The van der Waals surface area contributed by atoms with E-state index >= 15 is 0 Å². The fraction of sp³-hybridized carbons (Fsp3) is 0.529. The number of rotatable bonds is 8. The van der Waals surface area contributed by atoms with E-state index in [9.17, 15) is 4.79 Å². The third-order valence-corrected chi connectivity index (χ3v) is 3.98. The van der Waals surface area contributed by atoms with E-state index in [1.807, 2.05) is 4.90 Å². The molecule has 6 nitrogen and oxygen atoms in total. The van der Waals surface area contributed by atoms with E-state index in [1.54, 1.807) is 24.5 Å². The predicted octanol–water partition coefficient (Wildman–Crippen LogP) is 3.36. The minimum absolute atomic E-state index is 0.103. The molecule has 7 heteroatoms. The summed E-state index contributed by atoms with van der Waals surface area (Å²) >= 11 is 1.28. The van der Waals surface area contributed by atoms with Crippen molar-refractivity contribution in [1.29, 1.82) is 0 Å². The van der Waals surface area contributed by atoms with E-state index in [-0.39, 0.29) is 5.91 Å². The third kappa shape index (κ3) is 5.63. The largest absolute Gasteiger partial charge is 0.411 e. The van der Waals surface area contributed by atoms with Crippen molar-refractivity contribution in [2.24, 2.45) is 11.8 Å². The third-order valence-electron chi connectivity index (χ3n) is 3.18. The van der Waals surface area contributed by atoms with Gasteiger partial charge in [0.1, 0.15) is 0 Å². The van der Waals surface area contributed by atoms with Crippen molar-refractivity contribution in [3.05, 3.63) is 24.5 Å². The molecule has 0 unspecified atom stereocenters. The van der Waals surface area contributed by atoms with Crippen LogP contribution in [0.3, 0.4) is 0 Å². The summed E-state index contributed by atoms with van der Waals surface area (Å²) in [6, 6.07) is 3.61. The summed E-state index contributed by atoms with van der Waals surface area (Å²) in [5.41, 5.74) is 0.817. The lowest BCUT2D eigenvalue weighted by atomic mass is 10.1. The van der Waals surface area contributed by atoms with Crippen LogP contribution in [0.25, 0.3) is 11.5 Å². The summed E-state index contributed by atoms with van der Waals surface area (Å²) < 4.78 is 5.60. The standard InChI is InChI=1S/C17H24N4O2S/c1-12(2)9-21(10-13(3)4)15(22)11-24-17-20-19-16(23-17)14-5-7-18-8-6-14/h5-8,12-13H,9-11H2,1-4H3. The molecule has 130 valence electrons. The molecule has 2 aromatic heterocycles. The van der Waals surface area contributed by atoms with E-state index < -0.39 is 0 Å². The van der Waals surface area contributed by atoms with Gasteiger partial charge in [-0.15, -0.1) is 10.2 Å². The van der Waals surface area contributed by atoms with Crippen LogP contribution in [0.15, 0.2) is 34.2 Å². The summed E-state index contributed by atoms with van der Waals surface area (Å²) in [5, 5.41) is 8.42. The number of hydrogen-bond acceptors (Lipinski definition) is 6. The highest BCUT2D eigenvalue weighted by molar-refractivity contribution is 7.99. The van der Waals surface area contributed by atoms with Crippen molar-refractivity contribution in [2.45, 2.75) is 32.9 Å². The van der Waals surface area contributed by atoms with Gasteiger partial charge in [0.25, 0.3) is 5.22 Å². The average Bonchev–Trinajstić information content (AvgIpc) is 3.01. The molecule has 0 aromatic carbocycles. The zero-order valence-corrected chi connectivity index (χ0v) is 15.4. The highest BCUT2D eigenvalue weighted by Crippen LogP contribution is 2.23. The second kappa shape index (κ2) is 8.82. The normalized spacial score (nSPS) is 11.2. The van der Waals surface area contributed by atoms with Crippen molar-refractivity contribution in [3.8, 4) is 11.5 Å². The Morgan fingerprint density at radius 3 is 2.33 bits per heavy atom. The first-order valence-electron chi connectivity index (χ1n) is 8.10. The lowest BCUT2D eigenvalue weighted by molar-refractivity contribution is -0.129. The minimum Gasteiger partial charge on any atom is -0.411 e. The molecule has 0 fully saturated rings. The Hall–Kier alpha value is -1.89. The van der Waals surface area contributed by atoms with E-state index in [0.717, 1.165) is 18.7 Å². The monoisotopic (exact) mass is 348 g/mol. The summed E-state index contributed by atoms with van der Waals surface area (Å²) in [7, 11) is 0. The average molecular weight is 348 g/mol. The van der Waals surface area contributed by atoms with Crippen molar-refractivity contribution in [1.82, 2.24) is 20.1 Å². The minimum atomic E-state index is 0.103. The van der Waals surface area contributed by atoms with Gasteiger partial charge in [-0.2, -0.15) is 0 Å². The van der Waals surface area contributed by atoms with Crippen molar-refractivity contribution in [2.75, 3.05) is 18.8 Å². The summed E-state index contributed by atoms with van der Waals surface area (Å²) in [4.78, 5) is 18.3. The van der Waals surface area contributed by atoms with Gasteiger partial charge in [0.2, 0.25) is 11.8 Å². The van der Waals surface area contributed by atoms with Crippen LogP contribution in [-0.4, -0.2) is 44.8 Å². The van der Waals surface area contributed by atoms with Gasteiger partial charge in [0, 0.05) is 31.0 Å². The topological polar surface area (TPSA) is 72.1 Å². The Morgan fingerprint density at radius 2 is 1.75 bits per heavy atom. The molecule has 0 atom stereocenters. The van der Waals surface area contributed by atoms with E-state index in [2.05, 4.69) is 42.9 Å². The number of nitrogens with zero attached hydrogens (tertiary/aromatic N) is 4. The van der Waals surface area contributed by atoms with Gasteiger partial charge in [-0.25, -0.2) is 0 Å². The van der Waals surface area contributed by atoms with E-state index in [0.29, 0.717) is 28.7 Å². The van der Waals surface area contributed by atoms with Crippen LogP contribution in [0.5, 0.6) is 0 Å². The van der Waals surface area contributed by atoms with E-state index in [1.165, 1.54) is 11.8 Å². The Morgan fingerprint density at radius 1 is 1.12 bits per heavy atom. The van der Waals surface area contributed by atoms with Gasteiger partial charge in [-0.3, -0.25) is 9.78 Å². The van der Waals surface area contributed by atoms with Crippen LogP contribution in [0.4, 0.5) is 0 Å². The lowest BCUT2D eigenvalue weighted by Gasteiger charge is -2.26. The SMILES string of the molecule is CC(C)CN(CC(C)C)C(=O)CSc1nnc(-c2ccncc2)o1. The molecule has 24 heavy (non-hydrogen) atoms. The number of pyridine rings is 1. The molecule has 1 amide bonds. The molecule has 2 heterocycles. The zero-order valence-electron chi connectivity index (χ0n) is 14.6. The van der Waals surface area contributed by atoms with Gasteiger partial charge < -0.3 is 9.32 Å². The van der Waals surface area contributed by atoms with E-state index in [4.69, 9.17) is 4.42 Å². The van der Waals surface area contributed by atoms with Crippen LogP contribution in [0.2, 0.25) is 0 Å². The molecule has 0 spiro atoms. The van der Waals surface area contributed by atoms with Crippen LogP contribution >= 0.6 is 11.8 Å². The van der Waals surface area contributed by atoms with Crippen LogP contribution in [0, 0.1) is 11.8 Å². The summed E-state index contributed by atoms with van der Waals surface area (Å²) in [5.74, 6) is 1.73. The fourth-order valence-electron chi connectivity index (χ4n) is 2.25. The molecule has 0 aliphatic heterocycles. The van der Waals surface area contributed by atoms with Crippen molar-refractivity contribution in [3.63, 3.8) is 0 Å². The Bertz CT molecular complexity index is 633. The van der Waals surface area contributed by atoms with Gasteiger partial charge in [0.15, 0.2) is 0 Å². The number of aromatic nitrogens is 3. The molecule has 0 N–H and O–H groups in total. The van der Waals surface area contributed by atoms with Crippen LogP contribution < -0.4 is 0 Å². The zero-order chi connectivity index (χ0) is 17.5. The van der Waals surface area contributed by atoms with Crippen LogP contribution in [0.1, 0.15) is 27.7 Å². The molecule has 0 bridgehead atoms. The van der Waals surface area contributed by atoms with Gasteiger partial charge in [-0.1, -0.05) is 39.5 Å². The molecular weight excluding hydrogens is 324 g/mol. The van der Waals surface area contributed by atoms with Crippen molar-refractivity contribution < 1.29 is 9.21 Å². The number of carbonyl (C=O) groups excluding carboxylic acids is 1. The lowest BCUT2D eigenvalue weighted by Crippen LogP contribution is -2.38. The maximum atomic E-state index is 12.5. The Kier molecular flexibility index (Phi) is 6.78. The summed E-state index contributed by atoms with van der Waals surface area (Å²) in [6.07, 6.45) is 3.34. The number of thioether (sulfide) groups is 1.